The molecule has 0 atom stereocenters. The lowest BCUT2D eigenvalue weighted by atomic mass is 10.1. The van der Waals surface area contributed by atoms with Crippen LogP contribution in [-0.2, 0) is 0 Å². The summed E-state index contributed by atoms with van der Waals surface area (Å²) in [4.78, 5) is 13.7. The third-order valence-electron chi connectivity index (χ3n) is 2.72. The van der Waals surface area contributed by atoms with Crippen molar-refractivity contribution in [1.82, 2.24) is 10.2 Å². The summed E-state index contributed by atoms with van der Waals surface area (Å²) in [6.07, 6.45) is -4.75. The Labute approximate surface area is 120 Å². The molecule has 1 amide bonds. The molecule has 1 aromatic rings. The summed E-state index contributed by atoms with van der Waals surface area (Å²) in [6.45, 7) is 2.46. The van der Waals surface area contributed by atoms with Gasteiger partial charge in [0.05, 0.1) is 0 Å². The lowest BCUT2D eigenvalue weighted by Gasteiger charge is -2.27. The van der Waals surface area contributed by atoms with Crippen LogP contribution in [0.3, 0.4) is 0 Å². The normalized spacial score (nSPS) is 15.4. The number of halogens is 4. The summed E-state index contributed by atoms with van der Waals surface area (Å²) < 4.78 is 40.1. The first kappa shape index (κ1) is 16.6. The maximum absolute atomic E-state index is 12.1. The zero-order valence-electron chi connectivity index (χ0n) is 10.4. The molecule has 8 heteroatoms. The van der Waals surface area contributed by atoms with E-state index in [4.69, 9.17) is 0 Å². The zero-order valence-corrected chi connectivity index (χ0v) is 11.3. The molecule has 0 saturated carbocycles. The van der Waals surface area contributed by atoms with Gasteiger partial charge in [-0.3, -0.25) is 4.79 Å². The first-order chi connectivity index (χ1) is 8.96. The van der Waals surface area contributed by atoms with Gasteiger partial charge in [-0.15, -0.1) is 25.6 Å². The molecule has 0 aromatic heterocycles. The van der Waals surface area contributed by atoms with E-state index in [1.807, 2.05) is 0 Å². The van der Waals surface area contributed by atoms with Crippen molar-refractivity contribution in [2.45, 2.75) is 6.36 Å². The van der Waals surface area contributed by atoms with Crippen LogP contribution >= 0.6 is 12.4 Å². The number of nitrogens with one attached hydrogen (secondary N) is 1. The standard InChI is InChI=1S/C12H13F3N2O2.ClH/c13-12(14,15)19-10-3-1-2-9(8-10)11(18)17-6-4-16-5-7-17;/h1-3,8,16H,4-7H2;1H. The number of nitrogens with zero attached hydrogens (tertiary/aromatic N) is 1. The van der Waals surface area contributed by atoms with Crippen LogP contribution in [0.5, 0.6) is 5.75 Å². The summed E-state index contributed by atoms with van der Waals surface area (Å²) in [7, 11) is 0. The van der Waals surface area contributed by atoms with Crippen molar-refractivity contribution < 1.29 is 22.7 Å². The van der Waals surface area contributed by atoms with E-state index in [0.717, 1.165) is 6.07 Å². The van der Waals surface area contributed by atoms with E-state index in [1.54, 1.807) is 4.90 Å². The molecule has 1 saturated heterocycles. The van der Waals surface area contributed by atoms with Gasteiger partial charge >= 0.3 is 6.36 Å². The Bertz CT molecular complexity index is 462. The summed E-state index contributed by atoms with van der Waals surface area (Å²) in [6, 6.07) is 5.13. The van der Waals surface area contributed by atoms with E-state index < -0.39 is 6.36 Å². The molecule has 1 aliphatic rings. The number of carbonyl (C=O) groups excluding carboxylic acids is 1. The minimum absolute atomic E-state index is 0. The first-order valence-corrected chi connectivity index (χ1v) is 5.81. The van der Waals surface area contributed by atoms with Gasteiger partial charge in [0.15, 0.2) is 0 Å². The summed E-state index contributed by atoms with van der Waals surface area (Å²) >= 11 is 0. The van der Waals surface area contributed by atoms with E-state index in [9.17, 15) is 18.0 Å². The van der Waals surface area contributed by atoms with E-state index in [2.05, 4.69) is 10.1 Å². The molecule has 0 unspecified atom stereocenters. The van der Waals surface area contributed by atoms with Gasteiger partial charge in [0.2, 0.25) is 0 Å². The maximum Gasteiger partial charge on any atom is 0.573 e. The monoisotopic (exact) mass is 310 g/mol. The SMILES string of the molecule is Cl.O=C(c1cccc(OC(F)(F)F)c1)N1CCNCC1. The maximum atomic E-state index is 12.1. The van der Waals surface area contributed by atoms with E-state index in [1.165, 1.54) is 18.2 Å². The van der Waals surface area contributed by atoms with Crippen molar-refractivity contribution in [3.63, 3.8) is 0 Å². The molecule has 0 bridgehead atoms. The molecule has 1 N–H and O–H groups in total. The highest BCUT2D eigenvalue weighted by Gasteiger charge is 2.31. The molecule has 1 fully saturated rings. The van der Waals surface area contributed by atoms with Gasteiger partial charge in [0.25, 0.3) is 5.91 Å². The third-order valence-corrected chi connectivity index (χ3v) is 2.72. The Hall–Kier alpha value is -1.47. The fourth-order valence-corrected chi connectivity index (χ4v) is 1.88. The van der Waals surface area contributed by atoms with Crippen LogP contribution in [0.15, 0.2) is 24.3 Å². The van der Waals surface area contributed by atoms with Crippen LogP contribution in [0, 0.1) is 0 Å². The molecule has 1 aliphatic heterocycles. The largest absolute Gasteiger partial charge is 0.573 e. The first-order valence-electron chi connectivity index (χ1n) is 5.81. The number of rotatable bonds is 2. The molecule has 1 heterocycles. The smallest absolute Gasteiger partial charge is 0.406 e. The van der Waals surface area contributed by atoms with E-state index in [-0.39, 0.29) is 29.6 Å². The number of hydrogen-bond acceptors (Lipinski definition) is 3. The Morgan fingerprint density at radius 2 is 1.90 bits per heavy atom. The molecule has 0 aliphatic carbocycles. The minimum Gasteiger partial charge on any atom is -0.406 e. The third kappa shape index (κ3) is 4.57. The van der Waals surface area contributed by atoms with Crippen LogP contribution in [0.25, 0.3) is 0 Å². The van der Waals surface area contributed by atoms with Gasteiger partial charge in [-0.25, -0.2) is 0 Å². The molecule has 1 aromatic carbocycles. The van der Waals surface area contributed by atoms with Crippen molar-refractivity contribution >= 4 is 18.3 Å². The van der Waals surface area contributed by atoms with Gasteiger partial charge in [-0.05, 0) is 18.2 Å². The number of piperazine rings is 1. The molecule has 2 rings (SSSR count). The van der Waals surface area contributed by atoms with Crippen molar-refractivity contribution in [2.24, 2.45) is 0 Å². The van der Waals surface area contributed by atoms with E-state index in [0.29, 0.717) is 26.2 Å². The fourth-order valence-electron chi connectivity index (χ4n) is 1.88. The van der Waals surface area contributed by atoms with Crippen molar-refractivity contribution in [2.75, 3.05) is 26.2 Å². The Morgan fingerprint density at radius 1 is 1.25 bits per heavy atom. The van der Waals surface area contributed by atoms with Gasteiger partial charge < -0.3 is 15.0 Å². The molecule has 0 radical (unpaired) electrons. The summed E-state index contributed by atoms with van der Waals surface area (Å²) in [5, 5.41) is 3.10. The molecular formula is C12H14ClF3N2O2. The van der Waals surface area contributed by atoms with Gasteiger partial charge in [-0.2, -0.15) is 0 Å². The topological polar surface area (TPSA) is 41.6 Å². The van der Waals surface area contributed by atoms with Crippen LogP contribution in [-0.4, -0.2) is 43.3 Å². The highest BCUT2D eigenvalue weighted by molar-refractivity contribution is 5.94. The minimum atomic E-state index is -4.75. The van der Waals surface area contributed by atoms with Crippen molar-refractivity contribution in [3.8, 4) is 5.75 Å². The second kappa shape index (κ2) is 6.81. The molecule has 4 nitrogen and oxygen atoms in total. The van der Waals surface area contributed by atoms with Crippen LogP contribution in [0.4, 0.5) is 13.2 Å². The Kier molecular flexibility index (Phi) is 5.64. The number of alkyl halides is 3. The molecule has 20 heavy (non-hydrogen) atoms. The summed E-state index contributed by atoms with van der Waals surface area (Å²) in [5.74, 6) is -0.664. The molecular weight excluding hydrogens is 297 g/mol. The quantitative estimate of drug-likeness (QED) is 0.909. The number of ether oxygens (including phenoxy) is 1. The Balaban J connectivity index is 0.00000200. The average Bonchev–Trinajstić information content (AvgIpc) is 2.37. The highest BCUT2D eigenvalue weighted by Crippen LogP contribution is 2.23. The second-order valence-corrected chi connectivity index (χ2v) is 4.12. The lowest BCUT2D eigenvalue weighted by Crippen LogP contribution is -2.46. The summed E-state index contributed by atoms with van der Waals surface area (Å²) in [5.41, 5.74) is 0.198. The van der Waals surface area contributed by atoms with Crippen LogP contribution in [0.1, 0.15) is 10.4 Å². The van der Waals surface area contributed by atoms with Crippen molar-refractivity contribution in [3.05, 3.63) is 29.8 Å². The highest BCUT2D eigenvalue weighted by atomic mass is 35.5. The number of benzene rings is 1. The second-order valence-electron chi connectivity index (χ2n) is 4.12. The fraction of sp³-hybridized carbons (Fsp3) is 0.417. The van der Waals surface area contributed by atoms with Crippen LogP contribution < -0.4 is 10.1 Å². The average molecular weight is 311 g/mol. The van der Waals surface area contributed by atoms with Crippen LogP contribution in [0.2, 0.25) is 0 Å². The molecule has 0 spiro atoms. The Morgan fingerprint density at radius 3 is 2.50 bits per heavy atom. The number of hydrogen-bond donors (Lipinski definition) is 1. The number of carbonyl (C=O) groups is 1. The van der Waals surface area contributed by atoms with Crippen molar-refractivity contribution in [1.29, 1.82) is 0 Å². The predicted molar refractivity (Wildman–Crippen MR) is 69.1 cm³/mol. The lowest BCUT2D eigenvalue weighted by molar-refractivity contribution is -0.274. The molecule has 112 valence electrons. The predicted octanol–water partition coefficient (Wildman–Crippen LogP) is 2.05. The van der Waals surface area contributed by atoms with Gasteiger partial charge in [0.1, 0.15) is 5.75 Å². The van der Waals surface area contributed by atoms with Gasteiger partial charge in [0, 0.05) is 31.7 Å². The van der Waals surface area contributed by atoms with Gasteiger partial charge in [-0.1, -0.05) is 6.07 Å². The number of amides is 1. The van der Waals surface area contributed by atoms with E-state index >= 15 is 0 Å². The zero-order chi connectivity index (χ0) is 13.9.